The van der Waals surface area contributed by atoms with Gasteiger partial charge in [-0.05, 0) is 80.9 Å². The van der Waals surface area contributed by atoms with Crippen molar-refractivity contribution in [2.24, 2.45) is 5.92 Å². The number of nitrogens with one attached hydrogen (secondary N) is 2. The summed E-state index contributed by atoms with van der Waals surface area (Å²) >= 11 is 0. The minimum absolute atomic E-state index is 0.0164. The molecular weight excluding hydrogens is 488 g/mol. The summed E-state index contributed by atoms with van der Waals surface area (Å²) in [7, 11) is 0.250. The summed E-state index contributed by atoms with van der Waals surface area (Å²) in [6.07, 6.45) is 3.39. The van der Waals surface area contributed by atoms with Crippen molar-refractivity contribution in [1.82, 2.24) is 14.9 Å². The number of benzene rings is 2. The zero-order valence-electron chi connectivity index (χ0n) is 21.6. The number of methoxy groups -OCH3 is 1. The number of hydrogen-bond acceptors (Lipinski definition) is 6. The number of anilines is 1. The molecule has 0 bridgehead atoms. The normalized spacial score (nSPS) is 15.4. The fourth-order valence-corrected chi connectivity index (χ4v) is 6.03. The molecule has 2 N–H and O–H groups in total. The SMILES string of the molecule is CCS(=O)(=O)c1cccc(-c2cc(NC(=O)C3CCN(C)CC3)c(OC)c3[nH]c4ncc(C)cc4c23)c1. The second-order valence-electron chi connectivity index (χ2n) is 9.79. The third-order valence-electron chi connectivity index (χ3n) is 7.25. The maximum atomic E-state index is 13.3. The number of sulfone groups is 1. The summed E-state index contributed by atoms with van der Waals surface area (Å²) in [6.45, 7) is 5.38. The molecule has 0 aliphatic carbocycles. The Morgan fingerprint density at radius 3 is 2.68 bits per heavy atom. The van der Waals surface area contributed by atoms with E-state index in [0.29, 0.717) is 22.6 Å². The van der Waals surface area contributed by atoms with Crippen LogP contribution in [0.2, 0.25) is 0 Å². The minimum Gasteiger partial charge on any atom is -0.492 e. The van der Waals surface area contributed by atoms with E-state index in [1.165, 1.54) is 0 Å². The Hall–Kier alpha value is -3.43. The number of fused-ring (bicyclic) bond motifs is 3. The molecule has 0 radical (unpaired) electrons. The number of rotatable bonds is 6. The molecule has 0 saturated carbocycles. The van der Waals surface area contributed by atoms with Gasteiger partial charge in [0, 0.05) is 22.9 Å². The van der Waals surface area contributed by atoms with Crippen molar-refractivity contribution in [3.63, 3.8) is 0 Å². The topological polar surface area (TPSA) is 104 Å². The molecular formula is C28H32N4O4S. The number of amides is 1. The average molecular weight is 521 g/mol. The zero-order valence-corrected chi connectivity index (χ0v) is 22.4. The summed E-state index contributed by atoms with van der Waals surface area (Å²) in [5.41, 5.74) is 4.47. The van der Waals surface area contributed by atoms with Crippen LogP contribution in [-0.2, 0) is 14.6 Å². The third-order valence-corrected chi connectivity index (χ3v) is 8.98. The highest BCUT2D eigenvalue weighted by Crippen LogP contribution is 2.44. The number of likely N-dealkylation sites (tertiary alicyclic amines) is 1. The van der Waals surface area contributed by atoms with Crippen molar-refractivity contribution in [2.75, 3.05) is 38.3 Å². The second kappa shape index (κ2) is 9.79. The number of hydrogen-bond donors (Lipinski definition) is 2. The van der Waals surface area contributed by atoms with Crippen LogP contribution in [0.1, 0.15) is 25.3 Å². The molecule has 3 heterocycles. The van der Waals surface area contributed by atoms with Crippen LogP contribution in [0.3, 0.4) is 0 Å². The van der Waals surface area contributed by atoms with Gasteiger partial charge in [-0.25, -0.2) is 13.4 Å². The molecule has 5 rings (SSSR count). The van der Waals surface area contributed by atoms with Gasteiger partial charge >= 0.3 is 0 Å². The Morgan fingerprint density at radius 2 is 1.97 bits per heavy atom. The highest BCUT2D eigenvalue weighted by atomic mass is 32.2. The number of pyridine rings is 1. The average Bonchev–Trinajstić information content (AvgIpc) is 3.27. The van der Waals surface area contributed by atoms with Crippen LogP contribution >= 0.6 is 0 Å². The second-order valence-corrected chi connectivity index (χ2v) is 12.1. The summed E-state index contributed by atoms with van der Waals surface area (Å²) in [4.78, 5) is 23.7. The van der Waals surface area contributed by atoms with Gasteiger partial charge in [-0.2, -0.15) is 0 Å². The van der Waals surface area contributed by atoms with Crippen LogP contribution in [0.5, 0.6) is 5.75 Å². The molecule has 0 unspecified atom stereocenters. The van der Waals surface area contributed by atoms with E-state index < -0.39 is 9.84 Å². The van der Waals surface area contributed by atoms with Gasteiger partial charge in [0.05, 0.1) is 29.0 Å². The molecule has 1 amide bonds. The van der Waals surface area contributed by atoms with Crippen molar-refractivity contribution < 1.29 is 17.9 Å². The maximum absolute atomic E-state index is 13.3. The first-order valence-electron chi connectivity index (χ1n) is 12.5. The molecule has 4 aromatic rings. The summed E-state index contributed by atoms with van der Waals surface area (Å²) in [5, 5.41) is 4.89. The lowest BCUT2D eigenvalue weighted by atomic mass is 9.95. The number of carbonyl (C=O) groups is 1. The fourth-order valence-electron chi connectivity index (χ4n) is 5.10. The van der Waals surface area contributed by atoms with E-state index in [0.717, 1.165) is 53.4 Å². The van der Waals surface area contributed by atoms with Gasteiger partial charge in [-0.15, -0.1) is 0 Å². The van der Waals surface area contributed by atoms with Gasteiger partial charge in [0.2, 0.25) is 5.91 Å². The zero-order chi connectivity index (χ0) is 26.3. The number of aryl methyl sites for hydroxylation is 1. The quantitative estimate of drug-likeness (QED) is 0.379. The van der Waals surface area contributed by atoms with Gasteiger partial charge in [0.1, 0.15) is 5.65 Å². The van der Waals surface area contributed by atoms with Crippen LogP contribution in [0, 0.1) is 12.8 Å². The number of ether oxygens (including phenoxy) is 1. The highest BCUT2D eigenvalue weighted by molar-refractivity contribution is 7.91. The van der Waals surface area contributed by atoms with Gasteiger partial charge in [-0.3, -0.25) is 4.79 Å². The Morgan fingerprint density at radius 1 is 1.22 bits per heavy atom. The monoisotopic (exact) mass is 520 g/mol. The Bertz CT molecular complexity index is 1600. The number of carbonyl (C=O) groups excluding carboxylic acids is 1. The molecule has 8 nitrogen and oxygen atoms in total. The molecule has 1 fully saturated rings. The minimum atomic E-state index is -3.40. The molecule has 37 heavy (non-hydrogen) atoms. The summed E-state index contributed by atoms with van der Waals surface area (Å²) < 4.78 is 31.2. The van der Waals surface area contributed by atoms with Crippen molar-refractivity contribution in [3.05, 3.63) is 48.2 Å². The Labute approximate surface area is 216 Å². The Kier molecular flexibility index (Phi) is 6.68. The van der Waals surface area contributed by atoms with Crippen LogP contribution in [0.15, 0.2) is 47.5 Å². The fraction of sp³-hybridized carbons (Fsp3) is 0.357. The number of nitrogens with zero attached hydrogens (tertiary/aromatic N) is 2. The van der Waals surface area contributed by atoms with E-state index in [9.17, 15) is 13.2 Å². The smallest absolute Gasteiger partial charge is 0.227 e. The van der Waals surface area contributed by atoms with E-state index in [4.69, 9.17) is 4.74 Å². The number of aromatic amines is 1. The van der Waals surface area contributed by atoms with Crippen LogP contribution in [0.4, 0.5) is 5.69 Å². The third kappa shape index (κ3) is 4.69. The van der Waals surface area contributed by atoms with Crippen LogP contribution < -0.4 is 10.1 Å². The van der Waals surface area contributed by atoms with Crippen molar-refractivity contribution in [1.29, 1.82) is 0 Å². The summed E-state index contributed by atoms with van der Waals surface area (Å²) in [6, 6.07) is 10.9. The van der Waals surface area contributed by atoms with E-state index in [1.54, 1.807) is 38.4 Å². The molecule has 9 heteroatoms. The van der Waals surface area contributed by atoms with Crippen molar-refractivity contribution in [2.45, 2.75) is 31.6 Å². The molecule has 0 atom stereocenters. The maximum Gasteiger partial charge on any atom is 0.227 e. The van der Waals surface area contributed by atoms with Gasteiger partial charge in [0.15, 0.2) is 15.6 Å². The van der Waals surface area contributed by atoms with Gasteiger partial charge in [0.25, 0.3) is 0 Å². The first-order chi connectivity index (χ1) is 17.7. The predicted molar refractivity (Wildman–Crippen MR) is 147 cm³/mol. The molecule has 1 aliphatic heterocycles. The molecule has 1 aliphatic rings. The van der Waals surface area contributed by atoms with Crippen molar-refractivity contribution in [3.8, 4) is 16.9 Å². The van der Waals surface area contributed by atoms with E-state index >= 15 is 0 Å². The Balaban J connectivity index is 1.72. The number of H-pyrrole nitrogens is 1. The van der Waals surface area contributed by atoms with E-state index in [2.05, 4.69) is 27.2 Å². The molecule has 194 valence electrons. The largest absolute Gasteiger partial charge is 0.492 e. The first kappa shape index (κ1) is 25.2. The van der Waals surface area contributed by atoms with Gasteiger partial charge in [-0.1, -0.05) is 19.1 Å². The van der Waals surface area contributed by atoms with Crippen molar-refractivity contribution >= 4 is 43.4 Å². The molecule has 1 saturated heterocycles. The molecule has 2 aromatic carbocycles. The van der Waals surface area contributed by atoms with E-state index in [1.807, 2.05) is 25.1 Å². The highest BCUT2D eigenvalue weighted by Gasteiger charge is 2.26. The van der Waals surface area contributed by atoms with Gasteiger partial charge < -0.3 is 19.9 Å². The van der Waals surface area contributed by atoms with Crippen LogP contribution in [-0.4, -0.2) is 62.2 Å². The number of piperidine rings is 1. The lowest BCUT2D eigenvalue weighted by Gasteiger charge is -2.28. The molecule has 0 spiro atoms. The standard InChI is InChI=1S/C28H32N4O4S/c1-5-37(34,35)20-8-6-7-19(14-20)21-15-23(30-28(33)18-9-11-32(3)12-10-18)26(36-4)25-24(21)22-13-17(2)16-29-27(22)31-25/h6-8,13-16,18H,5,9-12H2,1-4H3,(H,29,31)(H,30,33). The number of aromatic nitrogens is 2. The summed E-state index contributed by atoms with van der Waals surface area (Å²) in [5.74, 6) is 0.421. The van der Waals surface area contributed by atoms with E-state index in [-0.39, 0.29) is 22.5 Å². The lowest BCUT2D eigenvalue weighted by Crippen LogP contribution is -2.36. The first-order valence-corrected chi connectivity index (χ1v) is 14.2. The predicted octanol–water partition coefficient (Wildman–Crippen LogP) is 4.77. The lowest BCUT2D eigenvalue weighted by molar-refractivity contribution is -0.121. The molecule has 2 aromatic heterocycles. The van der Waals surface area contributed by atoms with Crippen LogP contribution in [0.25, 0.3) is 33.1 Å².